The number of aromatic nitrogens is 5. The SMILES string of the molecule is c1ccc(-c2nc(-c3ccccc3)nc(-c3cc(-c4cncnc4)cc(-c4cc5c6ccccc6c6ccccc6c5c5ccccc45)c3)n2)cc1. The highest BCUT2D eigenvalue weighted by Crippen LogP contribution is 2.44. The second kappa shape index (κ2) is 12.3. The van der Waals surface area contributed by atoms with E-state index in [1.165, 1.54) is 43.1 Å². The van der Waals surface area contributed by atoms with Crippen molar-refractivity contribution in [3.8, 4) is 56.4 Å². The Balaban J connectivity index is 1.29. The fourth-order valence-electron chi connectivity index (χ4n) is 7.47. The van der Waals surface area contributed by atoms with E-state index in [9.17, 15) is 0 Å². The van der Waals surface area contributed by atoms with Crippen LogP contribution in [0.25, 0.3) is 99.5 Å². The van der Waals surface area contributed by atoms with Gasteiger partial charge in [-0.25, -0.2) is 24.9 Å². The number of hydrogen-bond acceptors (Lipinski definition) is 5. The molecule has 0 aliphatic rings. The highest BCUT2D eigenvalue weighted by Gasteiger charge is 2.18. The van der Waals surface area contributed by atoms with Crippen molar-refractivity contribution < 1.29 is 0 Å². The molecule has 242 valence electrons. The van der Waals surface area contributed by atoms with Crippen LogP contribution in [0.5, 0.6) is 0 Å². The lowest BCUT2D eigenvalue weighted by atomic mass is 9.86. The minimum Gasteiger partial charge on any atom is -0.244 e. The topological polar surface area (TPSA) is 64.5 Å². The van der Waals surface area contributed by atoms with Gasteiger partial charge in [-0.05, 0) is 84.0 Å². The van der Waals surface area contributed by atoms with E-state index in [0.717, 1.165) is 38.9 Å². The normalized spacial score (nSPS) is 11.5. The molecule has 5 heteroatoms. The fraction of sp³-hybridized carbons (Fsp3) is 0. The van der Waals surface area contributed by atoms with Gasteiger partial charge in [0.25, 0.3) is 0 Å². The smallest absolute Gasteiger partial charge is 0.164 e. The van der Waals surface area contributed by atoms with E-state index < -0.39 is 0 Å². The zero-order chi connectivity index (χ0) is 34.4. The predicted molar refractivity (Wildman–Crippen MR) is 213 cm³/mol. The Labute approximate surface area is 300 Å². The zero-order valence-electron chi connectivity index (χ0n) is 28.0. The highest BCUT2D eigenvalue weighted by molar-refractivity contribution is 6.33. The molecular formula is C47H29N5. The monoisotopic (exact) mass is 663 g/mol. The Morgan fingerprint density at radius 3 is 1.31 bits per heavy atom. The first-order chi connectivity index (χ1) is 25.8. The summed E-state index contributed by atoms with van der Waals surface area (Å²) in [6.07, 6.45) is 5.27. The van der Waals surface area contributed by atoms with Crippen LogP contribution >= 0.6 is 0 Å². The van der Waals surface area contributed by atoms with E-state index in [1.807, 2.05) is 73.1 Å². The number of nitrogens with zero attached hydrogens (tertiary/aromatic N) is 5. The van der Waals surface area contributed by atoms with Crippen molar-refractivity contribution in [1.82, 2.24) is 24.9 Å². The van der Waals surface area contributed by atoms with Crippen molar-refractivity contribution >= 4 is 43.1 Å². The third-order valence-electron chi connectivity index (χ3n) is 9.84. The molecule has 0 fully saturated rings. The van der Waals surface area contributed by atoms with Gasteiger partial charge in [-0.1, -0.05) is 133 Å². The quantitative estimate of drug-likeness (QED) is 0.171. The van der Waals surface area contributed by atoms with E-state index in [1.54, 1.807) is 6.33 Å². The zero-order valence-corrected chi connectivity index (χ0v) is 28.0. The van der Waals surface area contributed by atoms with Crippen LogP contribution in [0.3, 0.4) is 0 Å². The molecule has 2 heterocycles. The Kier molecular flexibility index (Phi) is 7.07. The molecule has 0 N–H and O–H groups in total. The van der Waals surface area contributed by atoms with E-state index in [0.29, 0.717) is 17.5 Å². The summed E-state index contributed by atoms with van der Waals surface area (Å²) in [4.78, 5) is 23.9. The van der Waals surface area contributed by atoms with Gasteiger partial charge in [0.1, 0.15) is 6.33 Å². The van der Waals surface area contributed by atoms with E-state index in [4.69, 9.17) is 15.0 Å². The molecule has 0 aliphatic carbocycles. The molecule has 0 aliphatic heterocycles. The van der Waals surface area contributed by atoms with E-state index >= 15 is 0 Å². The predicted octanol–water partition coefficient (Wildman–Crippen LogP) is 11.6. The van der Waals surface area contributed by atoms with Crippen LogP contribution < -0.4 is 0 Å². The van der Waals surface area contributed by atoms with Crippen molar-refractivity contribution in [3.63, 3.8) is 0 Å². The van der Waals surface area contributed by atoms with Crippen molar-refractivity contribution in [2.45, 2.75) is 0 Å². The minimum atomic E-state index is 0.592. The van der Waals surface area contributed by atoms with Crippen LogP contribution in [0.4, 0.5) is 0 Å². The maximum Gasteiger partial charge on any atom is 0.164 e. The molecule has 0 saturated carbocycles. The number of rotatable bonds is 5. The van der Waals surface area contributed by atoms with Gasteiger partial charge in [0.15, 0.2) is 17.5 Å². The summed E-state index contributed by atoms with van der Waals surface area (Å²) in [7, 11) is 0. The molecule has 0 unspecified atom stereocenters. The van der Waals surface area contributed by atoms with Gasteiger partial charge >= 0.3 is 0 Å². The molecular weight excluding hydrogens is 635 g/mol. The molecule has 0 bridgehead atoms. The number of benzene rings is 8. The lowest BCUT2D eigenvalue weighted by molar-refractivity contribution is 1.07. The third-order valence-corrected chi connectivity index (χ3v) is 9.84. The van der Waals surface area contributed by atoms with Crippen molar-refractivity contribution in [3.05, 3.63) is 176 Å². The lowest BCUT2D eigenvalue weighted by Gasteiger charge is -2.17. The van der Waals surface area contributed by atoms with Gasteiger partial charge in [-0.2, -0.15) is 0 Å². The maximum atomic E-state index is 5.10. The molecule has 10 rings (SSSR count). The van der Waals surface area contributed by atoms with E-state index in [2.05, 4.69) is 107 Å². The first-order valence-corrected chi connectivity index (χ1v) is 17.3. The standard InChI is InChI=1S/C47H29N5/c1-3-13-30(14-4-1)45-50-46(31-15-5-2-6-16-31)52-47(51-45)34-24-32(35-27-48-29-49-28-35)23-33(25-34)42-26-43-38-19-8-7-17-36(38)37-18-9-11-21-40(37)44(43)41-22-12-10-20-39(41)42/h1-29H. The van der Waals surface area contributed by atoms with E-state index in [-0.39, 0.29) is 0 Å². The largest absolute Gasteiger partial charge is 0.244 e. The molecule has 0 saturated heterocycles. The molecule has 8 aromatic carbocycles. The first-order valence-electron chi connectivity index (χ1n) is 17.3. The summed E-state index contributed by atoms with van der Waals surface area (Å²) < 4.78 is 0. The minimum absolute atomic E-state index is 0.592. The summed E-state index contributed by atoms with van der Waals surface area (Å²) in [6.45, 7) is 0. The fourth-order valence-corrected chi connectivity index (χ4v) is 7.47. The second-order valence-electron chi connectivity index (χ2n) is 12.9. The summed E-state index contributed by atoms with van der Waals surface area (Å²) >= 11 is 0. The number of hydrogen-bond donors (Lipinski definition) is 0. The molecule has 10 aromatic rings. The summed E-state index contributed by atoms with van der Waals surface area (Å²) in [5.74, 6) is 1.83. The van der Waals surface area contributed by atoms with Crippen LogP contribution in [0.2, 0.25) is 0 Å². The van der Waals surface area contributed by atoms with Crippen LogP contribution in [-0.2, 0) is 0 Å². The summed E-state index contributed by atoms with van der Waals surface area (Å²) in [5, 5.41) is 9.86. The molecule has 2 aromatic heterocycles. The van der Waals surface area contributed by atoms with Gasteiger partial charge < -0.3 is 0 Å². The number of fused-ring (bicyclic) bond motifs is 8. The lowest BCUT2D eigenvalue weighted by Crippen LogP contribution is -2.00. The molecule has 0 radical (unpaired) electrons. The Hall–Kier alpha value is -7.11. The Bertz CT molecular complexity index is 2890. The van der Waals surface area contributed by atoms with Crippen LogP contribution in [0.1, 0.15) is 0 Å². The van der Waals surface area contributed by atoms with Gasteiger partial charge in [0.2, 0.25) is 0 Å². The molecule has 0 amide bonds. The molecule has 52 heavy (non-hydrogen) atoms. The van der Waals surface area contributed by atoms with Crippen molar-refractivity contribution in [1.29, 1.82) is 0 Å². The van der Waals surface area contributed by atoms with Gasteiger partial charge in [0, 0.05) is 34.6 Å². The molecule has 0 atom stereocenters. The van der Waals surface area contributed by atoms with Crippen molar-refractivity contribution in [2.75, 3.05) is 0 Å². The van der Waals surface area contributed by atoms with Gasteiger partial charge in [-0.3, -0.25) is 0 Å². The average Bonchev–Trinajstić information content (AvgIpc) is 3.24. The molecule has 5 nitrogen and oxygen atoms in total. The first kappa shape index (κ1) is 29.8. The summed E-state index contributed by atoms with van der Waals surface area (Å²) in [5.41, 5.74) is 6.79. The third kappa shape index (κ3) is 5.07. The average molecular weight is 664 g/mol. The Morgan fingerprint density at radius 2 is 0.712 bits per heavy atom. The van der Waals surface area contributed by atoms with Crippen LogP contribution in [-0.4, -0.2) is 24.9 Å². The summed E-state index contributed by atoms with van der Waals surface area (Å²) in [6, 6.07) is 55.4. The van der Waals surface area contributed by atoms with Gasteiger partial charge in [-0.15, -0.1) is 0 Å². The maximum absolute atomic E-state index is 5.10. The van der Waals surface area contributed by atoms with Crippen LogP contribution in [0, 0.1) is 0 Å². The van der Waals surface area contributed by atoms with Gasteiger partial charge in [0.05, 0.1) is 0 Å². The van der Waals surface area contributed by atoms with Crippen molar-refractivity contribution in [2.24, 2.45) is 0 Å². The second-order valence-corrected chi connectivity index (χ2v) is 12.9. The molecule has 0 spiro atoms. The Morgan fingerprint density at radius 1 is 0.288 bits per heavy atom. The highest BCUT2D eigenvalue weighted by atomic mass is 15.0. The van der Waals surface area contributed by atoms with Crippen LogP contribution in [0.15, 0.2) is 176 Å².